The minimum absolute atomic E-state index is 0.660. The fraction of sp³-hybridized carbons (Fsp3) is 0.0714. The van der Waals surface area contributed by atoms with Gasteiger partial charge in [0.1, 0.15) is 0 Å². The molecule has 1 aromatic heterocycles. The van der Waals surface area contributed by atoms with Crippen LogP contribution in [0.25, 0.3) is 11.6 Å². The van der Waals surface area contributed by atoms with Gasteiger partial charge in [0, 0.05) is 23.4 Å². The molecule has 0 unspecified atom stereocenters. The van der Waals surface area contributed by atoms with Crippen LogP contribution in [0.3, 0.4) is 0 Å². The third-order valence-corrected chi connectivity index (χ3v) is 3.03. The molecular weight excluding hydrogens is 276 g/mol. The molecule has 0 saturated heterocycles. The van der Waals surface area contributed by atoms with E-state index in [-0.39, 0.29) is 0 Å². The van der Waals surface area contributed by atoms with Crippen LogP contribution in [0.5, 0.6) is 0 Å². The summed E-state index contributed by atoms with van der Waals surface area (Å²) in [6.07, 6.45) is 3.85. The standard InChI is InChI=1S/C14H11BrN2/c1-17-7-3-6-14(17)9-12(10-16)11-4-2-5-13(15)8-11/h2-9H,1H3. The second-order valence-electron chi connectivity index (χ2n) is 3.72. The highest BCUT2D eigenvalue weighted by Gasteiger charge is 2.02. The molecule has 2 rings (SSSR count). The summed E-state index contributed by atoms with van der Waals surface area (Å²) in [5, 5.41) is 9.22. The van der Waals surface area contributed by atoms with E-state index in [9.17, 15) is 5.26 Å². The highest BCUT2D eigenvalue weighted by atomic mass is 79.9. The van der Waals surface area contributed by atoms with Gasteiger partial charge in [0.2, 0.25) is 0 Å². The number of nitrogens with zero attached hydrogens (tertiary/aromatic N) is 2. The van der Waals surface area contributed by atoms with Crippen molar-refractivity contribution >= 4 is 27.6 Å². The van der Waals surface area contributed by atoms with E-state index in [1.165, 1.54) is 0 Å². The van der Waals surface area contributed by atoms with Crippen LogP contribution in [0.2, 0.25) is 0 Å². The van der Waals surface area contributed by atoms with Gasteiger partial charge in [0.05, 0.1) is 11.6 Å². The van der Waals surface area contributed by atoms with Gasteiger partial charge in [-0.2, -0.15) is 5.26 Å². The summed E-state index contributed by atoms with van der Waals surface area (Å²) in [6, 6.07) is 13.9. The lowest BCUT2D eigenvalue weighted by molar-refractivity contribution is 0.915. The lowest BCUT2D eigenvalue weighted by Gasteiger charge is -2.01. The summed E-state index contributed by atoms with van der Waals surface area (Å²) >= 11 is 3.41. The van der Waals surface area contributed by atoms with E-state index in [0.717, 1.165) is 15.7 Å². The van der Waals surface area contributed by atoms with Crippen molar-refractivity contribution in [2.45, 2.75) is 0 Å². The molecule has 0 bridgehead atoms. The number of rotatable bonds is 2. The molecule has 17 heavy (non-hydrogen) atoms. The summed E-state index contributed by atoms with van der Waals surface area (Å²) in [4.78, 5) is 0. The van der Waals surface area contributed by atoms with Crippen molar-refractivity contribution in [1.29, 1.82) is 5.26 Å². The van der Waals surface area contributed by atoms with Gasteiger partial charge in [0.25, 0.3) is 0 Å². The third kappa shape index (κ3) is 2.66. The quantitative estimate of drug-likeness (QED) is 0.771. The molecule has 0 aliphatic heterocycles. The Bertz CT molecular complexity index is 603. The van der Waals surface area contributed by atoms with Crippen molar-refractivity contribution in [2.24, 2.45) is 7.05 Å². The number of nitriles is 1. The predicted molar refractivity (Wildman–Crippen MR) is 73.0 cm³/mol. The first kappa shape index (κ1) is 11.7. The first-order chi connectivity index (χ1) is 8.20. The summed E-state index contributed by atoms with van der Waals surface area (Å²) in [5.41, 5.74) is 2.60. The zero-order valence-corrected chi connectivity index (χ0v) is 11.0. The van der Waals surface area contributed by atoms with Gasteiger partial charge in [-0.1, -0.05) is 28.1 Å². The summed E-state index contributed by atoms with van der Waals surface area (Å²) in [7, 11) is 1.96. The van der Waals surface area contributed by atoms with E-state index in [1.807, 2.05) is 60.3 Å². The molecule has 2 nitrogen and oxygen atoms in total. The SMILES string of the molecule is Cn1cccc1C=C(C#N)c1cccc(Br)c1. The number of hydrogen-bond donors (Lipinski definition) is 0. The van der Waals surface area contributed by atoms with E-state index < -0.39 is 0 Å². The fourth-order valence-electron chi connectivity index (χ4n) is 1.61. The second-order valence-corrected chi connectivity index (χ2v) is 4.64. The minimum Gasteiger partial charge on any atom is -0.351 e. The Labute approximate surface area is 109 Å². The average Bonchev–Trinajstić information content (AvgIpc) is 2.71. The van der Waals surface area contributed by atoms with Gasteiger partial charge >= 0.3 is 0 Å². The van der Waals surface area contributed by atoms with Crippen LogP contribution >= 0.6 is 15.9 Å². The monoisotopic (exact) mass is 286 g/mol. The van der Waals surface area contributed by atoms with Crippen molar-refractivity contribution < 1.29 is 0 Å². The van der Waals surface area contributed by atoms with E-state index in [1.54, 1.807) is 0 Å². The Morgan fingerprint density at radius 1 is 1.35 bits per heavy atom. The largest absolute Gasteiger partial charge is 0.351 e. The maximum Gasteiger partial charge on any atom is 0.0998 e. The van der Waals surface area contributed by atoms with Gasteiger partial charge in [-0.15, -0.1) is 0 Å². The van der Waals surface area contributed by atoms with Gasteiger partial charge in [0.15, 0.2) is 0 Å². The molecule has 0 radical (unpaired) electrons. The first-order valence-corrected chi connectivity index (χ1v) is 5.99. The van der Waals surface area contributed by atoms with Crippen molar-refractivity contribution in [3.05, 3.63) is 58.3 Å². The molecule has 3 heteroatoms. The Balaban J connectivity index is 2.45. The highest BCUT2D eigenvalue weighted by Crippen LogP contribution is 2.21. The van der Waals surface area contributed by atoms with Gasteiger partial charge in [-0.05, 0) is 35.9 Å². The van der Waals surface area contributed by atoms with Crippen LogP contribution in [0.4, 0.5) is 0 Å². The zero-order valence-electron chi connectivity index (χ0n) is 9.39. The van der Waals surface area contributed by atoms with Crippen LogP contribution in [-0.4, -0.2) is 4.57 Å². The summed E-state index contributed by atoms with van der Waals surface area (Å²) in [6.45, 7) is 0. The molecule has 0 amide bonds. The van der Waals surface area contributed by atoms with Crippen molar-refractivity contribution in [1.82, 2.24) is 4.57 Å². The van der Waals surface area contributed by atoms with Gasteiger partial charge in [-0.25, -0.2) is 0 Å². The molecule has 84 valence electrons. The number of halogens is 1. The predicted octanol–water partition coefficient (Wildman–Crippen LogP) is 3.85. The Morgan fingerprint density at radius 3 is 2.76 bits per heavy atom. The molecule has 0 aliphatic carbocycles. The van der Waals surface area contributed by atoms with Crippen molar-refractivity contribution in [3.8, 4) is 6.07 Å². The Morgan fingerprint density at radius 2 is 2.18 bits per heavy atom. The molecule has 2 aromatic rings. The Hall–Kier alpha value is -1.79. The summed E-state index contributed by atoms with van der Waals surface area (Å²) < 4.78 is 2.96. The maximum absolute atomic E-state index is 9.22. The molecule has 1 heterocycles. The number of allylic oxidation sites excluding steroid dienone is 1. The van der Waals surface area contributed by atoms with Crippen molar-refractivity contribution in [3.63, 3.8) is 0 Å². The van der Waals surface area contributed by atoms with Crippen LogP contribution in [0.1, 0.15) is 11.3 Å². The smallest absolute Gasteiger partial charge is 0.0998 e. The number of benzene rings is 1. The van der Waals surface area contributed by atoms with Gasteiger partial charge < -0.3 is 4.57 Å². The molecule has 0 N–H and O–H groups in total. The number of hydrogen-bond acceptors (Lipinski definition) is 1. The minimum atomic E-state index is 0.660. The molecule has 0 atom stereocenters. The average molecular weight is 287 g/mol. The topological polar surface area (TPSA) is 28.7 Å². The van der Waals surface area contributed by atoms with E-state index in [4.69, 9.17) is 0 Å². The van der Waals surface area contributed by atoms with E-state index in [0.29, 0.717) is 5.57 Å². The molecular formula is C14H11BrN2. The second kappa shape index (κ2) is 5.03. The molecule has 0 aliphatic rings. The maximum atomic E-state index is 9.22. The fourth-order valence-corrected chi connectivity index (χ4v) is 2.01. The summed E-state index contributed by atoms with van der Waals surface area (Å²) in [5.74, 6) is 0. The van der Waals surface area contributed by atoms with Crippen LogP contribution in [-0.2, 0) is 7.05 Å². The highest BCUT2D eigenvalue weighted by molar-refractivity contribution is 9.10. The van der Waals surface area contributed by atoms with Crippen LogP contribution in [0, 0.1) is 11.3 Å². The third-order valence-electron chi connectivity index (χ3n) is 2.53. The molecule has 0 saturated carbocycles. The molecule has 1 aromatic carbocycles. The van der Waals surface area contributed by atoms with E-state index >= 15 is 0 Å². The van der Waals surface area contributed by atoms with Crippen LogP contribution in [0.15, 0.2) is 47.1 Å². The van der Waals surface area contributed by atoms with Crippen LogP contribution < -0.4 is 0 Å². The molecule has 0 spiro atoms. The lowest BCUT2D eigenvalue weighted by Crippen LogP contribution is -1.89. The Kier molecular flexibility index (Phi) is 3.46. The number of aromatic nitrogens is 1. The van der Waals surface area contributed by atoms with Crippen molar-refractivity contribution in [2.75, 3.05) is 0 Å². The number of aryl methyl sites for hydroxylation is 1. The molecule has 0 fully saturated rings. The normalized spacial score (nSPS) is 11.2. The first-order valence-electron chi connectivity index (χ1n) is 5.20. The zero-order chi connectivity index (χ0) is 12.3. The lowest BCUT2D eigenvalue weighted by atomic mass is 10.1. The van der Waals surface area contributed by atoms with E-state index in [2.05, 4.69) is 22.0 Å². The van der Waals surface area contributed by atoms with Gasteiger partial charge in [-0.3, -0.25) is 0 Å².